The lowest BCUT2D eigenvalue weighted by atomic mass is 10.1. The van der Waals surface area contributed by atoms with Crippen molar-refractivity contribution in [3.05, 3.63) is 64.6 Å². The number of aromatic nitrogens is 2. The van der Waals surface area contributed by atoms with Crippen LogP contribution in [0.2, 0.25) is 5.02 Å². The second-order valence-corrected chi connectivity index (χ2v) is 10.7. The fraction of sp³-hybridized carbons (Fsp3) is 0.308. The second-order valence-electron chi connectivity index (χ2n) is 8.29. The summed E-state index contributed by atoms with van der Waals surface area (Å²) in [5, 5.41) is 4.64. The van der Waals surface area contributed by atoms with E-state index in [-0.39, 0.29) is 22.9 Å². The number of hydrogen-bond acceptors (Lipinski definition) is 7. The fourth-order valence-corrected chi connectivity index (χ4v) is 5.05. The van der Waals surface area contributed by atoms with E-state index in [1.165, 1.54) is 12.1 Å². The predicted molar refractivity (Wildman–Crippen MR) is 137 cm³/mol. The van der Waals surface area contributed by atoms with Crippen molar-refractivity contribution in [2.24, 2.45) is 0 Å². The number of ether oxygens (including phenoxy) is 2. The van der Waals surface area contributed by atoms with Gasteiger partial charge in [0.2, 0.25) is 0 Å². The molecule has 0 atom stereocenters. The van der Waals surface area contributed by atoms with E-state index in [1.54, 1.807) is 37.3 Å². The fourth-order valence-electron chi connectivity index (χ4n) is 3.89. The van der Waals surface area contributed by atoms with E-state index in [4.69, 9.17) is 21.1 Å². The molecule has 0 N–H and O–H groups in total. The van der Waals surface area contributed by atoms with E-state index < -0.39 is 27.3 Å². The molecule has 4 rings (SSSR count). The number of morpholine rings is 1. The smallest absolute Gasteiger partial charge is 0.360 e. The van der Waals surface area contributed by atoms with Crippen LogP contribution in [-0.2, 0) is 19.3 Å². The Hall–Kier alpha value is -3.23. The molecule has 0 radical (unpaired) electrons. The van der Waals surface area contributed by atoms with Gasteiger partial charge in [0.05, 0.1) is 32.1 Å². The molecular formula is C26H25ClFN3O5S. The highest BCUT2D eigenvalue weighted by atomic mass is 35.5. The summed E-state index contributed by atoms with van der Waals surface area (Å²) < 4.78 is 52.6. The van der Waals surface area contributed by atoms with Crippen molar-refractivity contribution in [2.75, 3.05) is 45.7 Å². The lowest BCUT2D eigenvalue weighted by Crippen LogP contribution is -2.36. The van der Waals surface area contributed by atoms with Crippen LogP contribution in [0.25, 0.3) is 16.9 Å². The van der Waals surface area contributed by atoms with Gasteiger partial charge in [-0.3, -0.25) is 4.90 Å². The largest absolute Gasteiger partial charge is 0.461 e. The number of sulfone groups is 1. The van der Waals surface area contributed by atoms with Crippen molar-refractivity contribution in [1.29, 1.82) is 0 Å². The van der Waals surface area contributed by atoms with Crippen LogP contribution in [0.5, 0.6) is 0 Å². The highest BCUT2D eigenvalue weighted by Gasteiger charge is 2.32. The Morgan fingerprint density at radius 2 is 1.89 bits per heavy atom. The van der Waals surface area contributed by atoms with Gasteiger partial charge in [-0.15, -0.1) is 0 Å². The first kappa shape index (κ1) is 26.8. The summed E-state index contributed by atoms with van der Waals surface area (Å²) in [4.78, 5) is 14.5. The molecule has 0 spiro atoms. The molecule has 1 aromatic heterocycles. The molecule has 2 aromatic carbocycles. The highest BCUT2D eigenvalue weighted by molar-refractivity contribution is 7.91. The molecule has 1 fully saturated rings. The van der Waals surface area contributed by atoms with Gasteiger partial charge in [0, 0.05) is 35.5 Å². The van der Waals surface area contributed by atoms with Crippen LogP contribution in [-0.4, -0.2) is 74.8 Å². The van der Waals surface area contributed by atoms with Crippen LogP contribution < -0.4 is 0 Å². The SMILES string of the molecule is CCOC(=O)c1nn(-c2ccc(C#CCN3CCOCC3)cc2F)c(-c2ccc(Cl)cc2)c1S(C)(=O)=O. The van der Waals surface area contributed by atoms with Crippen molar-refractivity contribution < 1.29 is 27.1 Å². The molecule has 37 heavy (non-hydrogen) atoms. The van der Waals surface area contributed by atoms with Crippen molar-refractivity contribution in [1.82, 2.24) is 14.7 Å². The van der Waals surface area contributed by atoms with E-state index in [1.807, 2.05) is 0 Å². The second kappa shape index (κ2) is 11.4. The van der Waals surface area contributed by atoms with E-state index in [0.29, 0.717) is 35.9 Å². The summed E-state index contributed by atoms with van der Waals surface area (Å²) in [6, 6.07) is 10.6. The molecule has 0 unspecified atom stereocenters. The van der Waals surface area contributed by atoms with Gasteiger partial charge < -0.3 is 9.47 Å². The Labute approximate surface area is 219 Å². The molecule has 1 saturated heterocycles. The van der Waals surface area contributed by atoms with Crippen LogP contribution in [0.3, 0.4) is 0 Å². The lowest BCUT2D eigenvalue weighted by Gasteiger charge is -2.24. The van der Waals surface area contributed by atoms with Gasteiger partial charge in [0.25, 0.3) is 0 Å². The van der Waals surface area contributed by atoms with Gasteiger partial charge in [-0.05, 0) is 37.3 Å². The van der Waals surface area contributed by atoms with Gasteiger partial charge in [-0.25, -0.2) is 22.3 Å². The predicted octanol–water partition coefficient (Wildman–Crippen LogP) is 3.60. The minimum atomic E-state index is -3.99. The molecule has 0 aliphatic carbocycles. The third-order valence-electron chi connectivity index (χ3n) is 5.61. The first-order chi connectivity index (χ1) is 17.7. The first-order valence-electron chi connectivity index (χ1n) is 11.5. The average molecular weight is 546 g/mol. The van der Waals surface area contributed by atoms with Gasteiger partial charge in [-0.2, -0.15) is 5.10 Å². The Balaban J connectivity index is 1.81. The maximum absolute atomic E-state index is 15.4. The summed E-state index contributed by atoms with van der Waals surface area (Å²) in [7, 11) is -3.99. The maximum atomic E-state index is 15.4. The molecule has 1 aliphatic heterocycles. The molecule has 194 valence electrons. The van der Waals surface area contributed by atoms with Crippen LogP contribution >= 0.6 is 11.6 Å². The zero-order valence-corrected chi connectivity index (χ0v) is 21.9. The molecule has 0 bridgehead atoms. The van der Waals surface area contributed by atoms with E-state index in [9.17, 15) is 13.2 Å². The summed E-state index contributed by atoms with van der Waals surface area (Å²) >= 11 is 6.02. The van der Waals surface area contributed by atoms with Crippen LogP contribution in [0, 0.1) is 17.7 Å². The topological polar surface area (TPSA) is 90.7 Å². The van der Waals surface area contributed by atoms with Crippen molar-refractivity contribution >= 4 is 27.4 Å². The number of hydrogen-bond donors (Lipinski definition) is 0. The van der Waals surface area contributed by atoms with Crippen LogP contribution in [0.1, 0.15) is 23.0 Å². The third kappa shape index (κ3) is 6.19. The van der Waals surface area contributed by atoms with E-state index in [0.717, 1.165) is 24.0 Å². The molecule has 1 aliphatic rings. The molecule has 11 heteroatoms. The number of nitrogens with zero attached hydrogens (tertiary/aromatic N) is 3. The molecule has 0 saturated carbocycles. The third-order valence-corrected chi connectivity index (χ3v) is 6.99. The van der Waals surface area contributed by atoms with E-state index >= 15 is 4.39 Å². The Kier molecular flexibility index (Phi) is 8.29. The van der Waals surface area contributed by atoms with Gasteiger partial charge in [-0.1, -0.05) is 35.6 Å². The quantitative estimate of drug-likeness (QED) is 0.345. The monoisotopic (exact) mass is 545 g/mol. The average Bonchev–Trinajstić information content (AvgIpc) is 3.27. The summed E-state index contributed by atoms with van der Waals surface area (Å²) in [5.41, 5.74) is 0.366. The summed E-state index contributed by atoms with van der Waals surface area (Å²) in [6.07, 6.45) is 0.958. The first-order valence-corrected chi connectivity index (χ1v) is 13.8. The van der Waals surface area contributed by atoms with Gasteiger partial charge in [0.1, 0.15) is 16.4 Å². The van der Waals surface area contributed by atoms with Gasteiger partial charge >= 0.3 is 5.97 Å². The van der Waals surface area contributed by atoms with Gasteiger partial charge in [0.15, 0.2) is 15.5 Å². The van der Waals surface area contributed by atoms with Crippen molar-refractivity contribution in [3.63, 3.8) is 0 Å². The Bertz CT molecular complexity index is 1470. The lowest BCUT2D eigenvalue weighted by molar-refractivity contribution is 0.0443. The normalized spacial score (nSPS) is 14.2. The maximum Gasteiger partial charge on any atom is 0.360 e. The molecule has 8 nitrogen and oxygen atoms in total. The number of halogens is 2. The number of rotatable bonds is 6. The number of esters is 1. The molecule has 3 aromatic rings. The van der Waals surface area contributed by atoms with Crippen molar-refractivity contribution in [3.8, 4) is 28.8 Å². The zero-order valence-electron chi connectivity index (χ0n) is 20.3. The summed E-state index contributed by atoms with van der Waals surface area (Å²) in [5.74, 6) is 4.38. The zero-order chi connectivity index (χ0) is 26.6. The molecule has 2 heterocycles. The van der Waals surface area contributed by atoms with E-state index in [2.05, 4.69) is 21.8 Å². The van der Waals surface area contributed by atoms with Crippen LogP contribution in [0.4, 0.5) is 4.39 Å². The Morgan fingerprint density at radius 1 is 1.19 bits per heavy atom. The number of carbonyl (C=O) groups is 1. The summed E-state index contributed by atoms with van der Waals surface area (Å²) in [6.45, 7) is 5.04. The minimum absolute atomic E-state index is 0.0113. The molecular weight excluding hydrogens is 521 g/mol. The number of benzene rings is 2. The minimum Gasteiger partial charge on any atom is -0.461 e. The highest BCUT2D eigenvalue weighted by Crippen LogP contribution is 2.34. The van der Waals surface area contributed by atoms with Crippen LogP contribution in [0.15, 0.2) is 47.4 Å². The van der Waals surface area contributed by atoms with Crippen molar-refractivity contribution in [2.45, 2.75) is 11.8 Å². The number of carbonyl (C=O) groups excluding carboxylic acids is 1. The standard InChI is InChI=1S/C26H25ClFN3O5S/c1-3-36-26(32)23-25(37(2,33)34)24(19-7-9-20(27)10-8-19)31(29-23)22-11-6-18(17-21(22)28)5-4-12-30-13-15-35-16-14-30/h6-11,17H,3,12-16H2,1-2H3. The molecule has 0 amide bonds. The Morgan fingerprint density at radius 3 is 2.51 bits per heavy atom.